The van der Waals surface area contributed by atoms with Crippen LogP contribution in [-0.2, 0) is 6.54 Å². The molecule has 1 aliphatic rings. The Morgan fingerprint density at radius 1 is 1.24 bits per heavy atom. The largest absolute Gasteiger partial charge is 0.490 e. The van der Waals surface area contributed by atoms with E-state index in [2.05, 4.69) is 15.2 Å². The van der Waals surface area contributed by atoms with Crippen LogP contribution in [0.4, 0.5) is 4.39 Å². The van der Waals surface area contributed by atoms with Crippen LogP contribution in [0.1, 0.15) is 30.9 Å². The summed E-state index contributed by atoms with van der Waals surface area (Å²) in [5.74, 6) is 1.32. The molecule has 1 N–H and O–H groups in total. The zero-order valence-electron chi connectivity index (χ0n) is 16.5. The highest BCUT2D eigenvalue weighted by Gasteiger charge is 2.22. The zero-order chi connectivity index (χ0) is 19.8. The number of benzene rings is 2. The number of hydrogen-bond donors (Lipinski definition) is 1. The molecule has 0 bridgehead atoms. The number of para-hydroxylation sites is 1. The second-order valence-corrected chi connectivity index (χ2v) is 6.71. The van der Waals surface area contributed by atoms with E-state index in [0.29, 0.717) is 11.1 Å². The lowest BCUT2D eigenvalue weighted by atomic mass is 10.1. The number of nitrogens with zero attached hydrogens (tertiary/aromatic N) is 3. The first-order valence-corrected chi connectivity index (χ1v) is 9.63. The molecule has 3 rings (SSSR count). The minimum Gasteiger partial charge on any atom is -0.490 e. The van der Waals surface area contributed by atoms with Crippen molar-refractivity contribution in [2.24, 2.45) is 4.99 Å². The van der Waals surface area contributed by atoms with E-state index in [1.807, 2.05) is 43.3 Å². The van der Waals surface area contributed by atoms with Gasteiger partial charge in [-0.2, -0.15) is 5.26 Å². The van der Waals surface area contributed by atoms with Crippen molar-refractivity contribution < 1.29 is 9.13 Å². The molecule has 0 saturated carbocycles. The first-order valence-electron chi connectivity index (χ1n) is 9.63. The third-order valence-corrected chi connectivity index (χ3v) is 4.70. The lowest BCUT2D eigenvalue weighted by Gasteiger charge is -2.34. The van der Waals surface area contributed by atoms with E-state index in [4.69, 9.17) is 10.00 Å². The predicted octanol–water partition coefficient (Wildman–Crippen LogP) is 4.32. The van der Waals surface area contributed by atoms with Gasteiger partial charge in [-0.15, -0.1) is 24.0 Å². The molecule has 1 fully saturated rings. The molecule has 1 heterocycles. The molecule has 2 aromatic carbocycles. The summed E-state index contributed by atoms with van der Waals surface area (Å²) in [5.41, 5.74) is 0.868. The van der Waals surface area contributed by atoms with Gasteiger partial charge in [-0.25, -0.2) is 9.38 Å². The van der Waals surface area contributed by atoms with Gasteiger partial charge in [-0.3, -0.25) is 0 Å². The summed E-state index contributed by atoms with van der Waals surface area (Å²) < 4.78 is 20.1. The van der Waals surface area contributed by atoms with Crippen molar-refractivity contribution in [3.05, 3.63) is 65.5 Å². The Bertz CT molecular complexity index is 846. The van der Waals surface area contributed by atoms with Crippen LogP contribution in [0.3, 0.4) is 0 Å². The van der Waals surface area contributed by atoms with Gasteiger partial charge in [0.05, 0.1) is 18.2 Å². The molecular formula is C22H26FIN4O. The van der Waals surface area contributed by atoms with E-state index in [1.165, 1.54) is 12.1 Å². The number of ether oxygens (including phenoxy) is 1. The van der Waals surface area contributed by atoms with Crippen molar-refractivity contribution in [2.45, 2.75) is 32.4 Å². The molecule has 5 nitrogen and oxygen atoms in total. The summed E-state index contributed by atoms with van der Waals surface area (Å²) in [6, 6.07) is 16.3. The molecule has 0 aliphatic carbocycles. The number of guanidine groups is 1. The van der Waals surface area contributed by atoms with E-state index in [0.717, 1.165) is 44.2 Å². The van der Waals surface area contributed by atoms with E-state index in [9.17, 15) is 4.39 Å². The number of aliphatic imine (C=N–C) groups is 1. The van der Waals surface area contributed by atoms with Crippen molar-refractivity contribution in [3.63, 3.8) is 0 Å². The molecule has 0 radical (unpaired) electrons. The highest BCUT2D eigenvalue weighted by atomic mass is 127. The average Bonchev–Trinajstić information content (AvgIpc) is 2.73. The van der Waals surface area contributed by atoms with Crippen molar-refractivity contribution in [3.8, 4) is 11.8 Å². The lowest BCUT2D eigenvalue weighted by Crippen LogP contribution is -2.47. The predicted molar refractivity (Wildman–Crippen MR) is 123 cm³/mol. The number of piperidine rings is 1. The van der Waals surface area contributed by atoms with Gasteiger partial charge in [0.15, 0.2) is 5.96 Å². The molecule has 0 spiro atoms. The number of likely N-dealkylation sites (tertiary alicyclic amines) is 1. The number of nitrogens with one attached hydrogen (secondary N) is 1. The Morgan fingerprint density at radius 2 is 1.97 bits per heavy atom. The van der Waals surface area contributed by atoms with Gasteiger partial charge >= 0.3 is 0 Å². The Hall–Kier alpha value is -2.34. The maximum Gasteiger partial charge on any atom is 0.194 e. The van der Waals surface area contributed by atoms with Crippen LogP contribution in [-0.4, -0.2) is 36.6 Å². The first kappa shape index (κ1) is 22.9. The Balaban J connectivity index is 0.00000300. The van der Waals surface area contributed by atoms with Gasteiger partial charge in [0.25, 0.3) is 0 Å². The van der Waals surface area contributed by atoms with Crippen molar-refractivity contribution in [1.82, 2.24) is 10.2 Å². The molecule has 2 aromatic rings. The van der Waals surface area contributed by atoms with Crippen LogP contribution in [0.25, 0.3) is 0 Å². The molecule has 0 aromatic heterocycles. The monoisotopic (exact) mass is 508 g/mol. The SMILES string of the molecule is CCNC(=NCc1cc(C#N)ccc1F)N1CCC(Oc2ccccc2)CC1.I. The molecule has 0 atom stereocenters. The zero-order valence-corrected chi connectivity index (χ0v) is 18.8. The molecule has 154 valence electrons. The average molecular weight is 508 g/mol. The minimum atomic E-state index is -0.339. The van der Waals surface area contributed by atoms with Crippen molar-refractivity contribution in [1.29, 1.82) is 5.26 Å². The Kier molecular flexibility index (Phi) is 9.19. The third kappa shape index (κ3) is 6.60. The molecule has 7 heteroatoms. The quantitative estimate of drug-likeness (QED) is 0.371. The van der Waals surface area contributed by atoms with E-state index >= 15 is 0 Å². The highest BCUT2D eigenvalue weighted by Crippen LogP contribution is 2.19. The van der Waals surface area contributed by atoms with Gasteiger partial charge in [0.2, 0.25) is 0 Å². The number of rotatable bonds is 5. The van der Waals surface area contributed by atoms with Crippen LogP contribution >= 0.6 is 24.0 Å². The van der Waals surface area contributed by atoms with Gasteiger partial charge in [0, 0.05) is 38.0 Å². The molecule has 0 amide bonds. The smallest absolute Gasteiger partial charge is 0.194 e. The molecule has 0 unspecified atom stereocenters. The molecule has 1 saturated heterocycles. The highest BCUT2D eigenvalue weighted by molar-refractivity contribution is 14.0. The van der Waals surface area contributed by atoms with Crippen molar-refractivity contribution in [2.75, 3.05) is 19.6 Å². The number of nitriles is 1. The van der Waals surface area contributed by atoms with Crippen LogP contribution in [0.5, 0.6) is 5.75 Å². The topological polar surface area (TPSA) is 60.7 Å². The van der Waals surface area contributed by atoms with Crippen LogP contribution in [0, 0.1) is 17.1 Å². The standard InChI is InChI=1S/C22H25FN4O.HI/c1-2-25-22(26-16-18-14-17(15-24)8-9-21(18)23)27-12-10-20(11-13-27)28-19-6-4-3-5-7-19;/h3-9,14,20H,2,10-13,16H2,1H3,(H,25,26);1H. The van der Waals surface area contributed by atoms with E-state index < -0.39 is 0 Å². The van der Waals surface area contributed by atoms with E-state index in [1.54, 1.807) is 6.07 Å². The second kappa shape index (κ2) is 11.6. The fourth-order valence-electron chi connectivity index (χ4n) is 3.23. The third-order valence-electron chi connectivity index (χ3n) is 4.70. The lowest BCUT2D eigenvalue weighted by molar-refractivity contribution is 0.129. The van der Waals surface area contributed by atoms with Gasteiger partial charge in [-0.05, 0) is 37.3 Å². The minimum absolute atomic E-state index is 0. The van der Waals surface area contributed by atoms with E-state index in [-0.39, 0.29) is 42.4 Å². The summed E-state index contributed by atoms with van der Waals surface area (Å²) in [6.07, 6.45) is 1.99. The number of halogens is 2. The van der Waals surface area contributed by atoms with Crippen LogP contribution < -0.4 is 10.1 Å². The Morgan fingerprint density at radius 3 is 2.62 bits per heavy atom. The van der Waals surface area contributed by atoms with Crippen molar-refractivity contribution >= 4 is 29.9 Å². The molecular weight excluding hydrogens is 482 g/mol. The summed E-state index contributed by atoms with van der Waals surface area (Å²) >= 11 is 0. The normalized spacial score (nSPS) is 14.7. The van der Waals surface area contributed by atoms with Gasteiger partial charge in [0.1, 0.15) is 17.7 Å². The van der Waals surface area contributed by atoms with Crippen LogP contribution in [0.15, 0.2) is 53.5 Å². The van der Waals surface area contributed by atoms with Gasteiger partial charge in [-0.1, -0.05) is 18.2 Å². The summed E-state index contributed by atoms with van der Waals surface area (Å²) in [5, 5.41) is 12.3. The summed E-state index contributed by atoms with van der Waals surface area (Å²) in [4.78, 5) is 6.77. The fraction of sp³-hybridized carbons (Fsp3) is 0.364. The number of hydrogen-bond acceptors (Lipinski definition) is 3. The summed E-state index contributed by atoms with van der Waals surface area (Å²) in [7, 11) is 0. The molecule has 1 aliphatic heterocycles. The summed E-state index contributed by atoms with van der Waals surface area (Å²) in [6.45, 7) is 4.59. The van der Waals surface area contributed by atoms with Gasteiger partial charge < -0.3 is 15.0 Å². The first-order chi connectivity index (χ1) is 13.7. The second-order valence-electron chi connectivity index (χ2n) is 6.71. The fourth-order valence-corrected chi connectivity index (χ4v) is 3.23. The maximum absolute atomic E-state index is 14.0. The molecule has 29 heavy (non-hydrogen) atoms. The van der Waals surface area contributed by atoms with Crippen LogP contribution in [0.2, 0.25) is 0 Å². The maximum atomic E-state index is 14.0. The Labute approximate surface area is 188 Å².